The molecular weight excluding hydrogens is 282 g/mol. The van der Waals surface area contributed by atoms with E-state index in [1.807, 2.05) is 37.0 Å². The summed E-state index contributed by atoms with van der Waals surface area (Å²) in [5.74, 6) is 1.77. The van der Waals surface area contributed by atoms with Gasteiger partial charge in [-0.1, -0.05) is 18.2 Å². The van der Waals surface area contributed by atoms with E-state index in [-0.39, 0.29) is 0 Å². The van der Waals surface area contributed by atoms with Crippen LogP contribution in [-0.2, 0) is 6.54 Å². The molecule has 1 fully saturated rings. The average Bonchev–Trinajstić information content (AvgIpc) is 2.99. The molecule has 1 aliphatic carbocycles. The molecule has 0 aliphatic heterocycles. The van der Waals surface area contributed by atoms with Crippen molar-refractivity contribution < 1.29 is 4.74 Å². The van der Waals surface area contributed by atoms with Crippen molar-refractivity contribution in [1.29, 1.82) is 0 Å². The first kappa shape index (κ1) is 16.0. The van der Waals surface area contributed by atoms with Gasteiger partial charge in [-0.3, -0.25) is 4.99 Å². The minimum Gasteiger partial charge on any atom is -0.496 e. The molecule has 1 aromatic carbocycles. The maximum absolute atomic E-state index is 5.37. The smallest absolute Gasteiger partial charge is 0.191 e. The Morgan fingerprint density at radius 1 is 1.38 bits per heavy atom. The summed E-state index contributed by atoms with van der Waals surface area (Å²) in [6.45, 7) is 0.711. The molecule has 2 unspecified atom stereocenters. The Morgan fingerprint density at radius 2 is 2.19 bits per heavy atom. The number of benzene rings is 1. The van der Waals surface area contributed by atoms with E-state index < -0.39 is 0 Å². The number of aliphatic imine (C=N–C) groups is 1. The summed E-state index contributed by atoms with van der Waals surface area (Å²) in [4.78, 5) is 4.32. The number of methoxy groups -OCH3 is 1. The van der Waals surface area contributed by atoms with Gasteiger partial charge in [0.15, 0.2) is 5.96 Å². The Kier molecular flexibility index (Phi) is 6.23. The van der Waals surface area contributed by atoms with Crippen LogP contribution in [0.15, 0.2) is 29.3 Å². The topological polar surface area (TPSA) is 45.7 Å². The summed E-state index contributed by atoms with van der Waals surface area (Å²) >= 11 is 1.97. The molecule has 1 aliphatic rings. The van der Waals surface area contributed by atoms with Gasteiger partial charge in [0.2, 0.25) is 0 Å². The van der Waals surface area contributed by atoms with Gasteiger partial charge in [-0.15, -0.1) is 0 Å². The molecule has 0 bridgehead atoms. The number of rotatable bonds is 5. The van der Waals surface area contributed by atoms with Crippen LogP contribution < -0.4 is 15.4 Å². The van der Waals surface area contributed by atoms with Gasteiger partial charge in [0.05, 0.1) is 7.11 Å². The fraction of sp³-hybridized carbons (Fsp3) is 0.562. The van der Waals surface area contributed by atoms with E-state index in [2.05, 4.69) is 27.9 Å². The number of nitrogens with one attached hydrogen (secondary N) is 2. The van der Waals surface area contributed by atoms with Gasteiger partial charge in [0.1, 0.15) is 5.75 Å². The Labute approximate surface area is 131 Å². The first-order valence-electron chi connectivity index (χ1n) is 7.38. The minimum absolute atomic E-state index is 0.534. The summed E-state index contributed by atoms with van der Waals surface area (Å²) in [6, 6.07) is 8.59. The highest BCUT2D eigenvalue weighted by molar-refractivity contribution is 7.99. The van der Waals surface area contributed by atoms with Crippen LogP contribution in [0.3, 0.4) is 0 Å². The normalized spacial score (nSPS) is 22.1. The molecule has 0 aromatic heterocycles. The SMILES string of the molecule is CN=C(NCc1ccccc1OC)NC1CCC(SC)C1. The van der Waals surface area contributed by atoms with E-state index in [0.717, 1.165) is 22.5 Å². The van der Waals surface area contributed by atoms with E-state index in [1.165, 1.54) is 19.3 Å². The van der Waals surface area contributed by atoms with Crippen molar-refractivity contribution in [2.24, 2.45) is 4.99 Å². The summed E-state index contributed by atoms with van der Waals surface area (Å²) in [5.41, 5.74) is 1.14. The van der Waals surface area contributed by atoms with E-state index in [4.69, 9.17) is 4.74 Å². The second-order valence-electron chi connectivity index (χ2n) is 5.25. The second kappa shape index (κ2) is 8.17. The van der Waals surface area contributed by atoms with Crippen LogP contribution in [0.2, 0.25) is 0 Å². The fourth-order valence-electron chi connectivity index (χ4n) is 2.70. The predicted molar refractivity (Wildman–Crippen MR) is 91.3 cm³/mol. The maximum atomic E-state index is 5.37. The van der Waals surface area contributed by atoms with Crippen LogP contribution in [0.1, 0.15) is 24.8 Å². The molecule has 21 heavy (non-hydrogen) atoms. The fourth-order valence-corrected chi connectivity index (χ4v) is 3.50. The highest BCUT2D eigenvalue weighted by Crippen LogP contribution is 2.28. The predicted octanol–water partition coefficient (Wildman–Crippen LogP) is 2.64. The molecule has 2 N–H and O–H groups in total. The minimum atomic E-state index is 0.534. The molecule has 116 valence electrons. The number of hydrogen-bond acceptors (Lipinski definition) is 3. The van der Waals surface area contributed by atoms with Crippen LogP contribution in [0.5, 0.6) is 5.75 Å². The molecule has 0 spiro atoms. The first-order chi connectivity index (χ1) is 10.3. The molecule has 2 atom stereocenters. The molecule has 2 rings (SSSR count). The van der Waals surface area contributed by atoms with Crippen molar-refractivity contribution >= 4 is 17.7 Å². The highest BCUT2D eigenvalue weighted by Gasteiger charge is 2.24. The van der Waals surface area contributed by atoms with Gasteiger partial charge in [0.25, 0.3) is 0 Å². The van der Waals surface area contributed by atoms with E-state index in [9.17, 15) is 0 Å². The van der Waals surface area contributed by atoms with E-state index >= 15 is 0 Å². The number of guanidine groups is 1. The van der Waals surface area contributed by atoms with Gasteiger partial charge in [-0.25, -0.2) is 0 Å². The summed E-state index contributed by atoms with van der Waals surface area (Å²) in [5, 5.41) is 7.68. The molecule has 0 saturated heterocycles. The van der Waals surface area contributed by atoms with Crippen molar-refractivity contribution in [3.63, 3.8) is 0 Å². The van der Waals surface area contributed by atoms with Crippen LogP contribution in [-0.4, -0.2) is 37.7 Å². The lowest BCUT2D eigenvalue weighted by molar-refractivity contribution is 0.409. The van der Waals surface area contributed by atoms with Crippen LogP contribution in [0.4, 0.5) is 0 Å². The van der Waals surface area contributed by atoms with Gasteiger partial charge in [0, 0.05) is 30.4 Å². The first-order valence-corrected chi connectivity index (χ1v) is 8.67. The Morgan fingerprint density at radius 3 is 2.86 bits per heavy atom. The molecule has 0 heterocycles. The van der Waals surface area contributed by atoms with Crippen molar-refractivity contribution in [1.82, 2.24) is 10.6 Å². The molecule has 1 saturated carbocycles. The van der Waals surface area contributed by atoms with Gasteiger partial charge >= 0.3 is 0 Å². The zero-order valence-electron chi connectivity index (χ0n) is 13.1. The van der Waals surface area contributed by atoms with Crippen molar-refractivity contribution in [3.8, 4) is 5.75 Å². The molecule has 0 amide bonds. The molecule has 4 nitrogen and oxygen atoms in total. The zero-order valence-corrected chi connectivity index (χ0v) is 13.9. The largest absolute Gasteiger partial charge is 0.496 e. The molecule has 0 radical (unpaired) electrons. The standard InChI is InChI=1S/C16H25N3OS/c1-17-16(19-13-8-9-14(10-13)21-3)18-11-12-6-4-5-7-15(12)20-2/h4-7,13-14H,8-11H2,1-3H3,(H2,17,18,19). The quantitative estimate of drug-likeness (QED) is 0.648. The van der Waals surface area contributed by atoms with Crippen LogP contribution in [0, 0.1) is 0 Å². The number of hydrogen-bond donors (Lipinski definition) is 2. The van der Waals surface area contributed by atoms with Crippen molar-refractivity contribution in [3.05, 3.63) is 29.8 Å². The lowest BCUT2D eigenvalue weighted by atomic mass is 10.2. The number of para-hydroxylation sites is 1. The molecule has 1 aromatic rings. The maximum Gasteiger partial charge on any atom is 0.191 e. The third-order valence-corrected chi connectivity index (χ3v) is 5.02. The van der Waals surface area contributed by atoms with Gasteiger partial charge < -0.3 is 15.4 Å². The van der Waals surface area contributed by atoms with Crippen LogP contribution in [0.25, 0.3) is 0 Å². The summed E-state index contributed by atoms with van der Waals surface area (Å²) < 4.78 is 5.37. The van der Waals surface area contributed by atoms with Crippen molar-refractivity contribution in [2.45, 2.75) is 37.1 Å². The third-order valence-electron chi connectivity index (χ3n) is 3.92. The lowest BCUT2D eigenvalue weighted by Gasteiger charge is -2.18. The van der Waals surface area contributed by atoms with Gasteiger partial charge in [-0.2, -0.15) is 11.8 Å². The zero-order chi connectivity index (χ0) is 15.1. The molecular formula is C16H25N3OS. The summed E-state index contributed by atoms with van der Waals surface area (Å²) in [6.07, 6.45) is 5.93. The van der Waals surface area contributed by atoms with Gasteiger partial charge in [-0.05, 0) is 31.6 Å². The average molecular weight is 307 g/mol. The Hall–Kier alpha value is -1.36. The second-order valence-corrected chi connectivity index (χ2v) is 6.39. The number of thioether (sulfide) groups is 1. The lowest BCUT2D eigenvalue weighted by Crippen LogP contribution is -2.42. The Bertz CT molecular complexity index is 478. The summed E-state index contributed by atoms with van der Waals surface area (Å²) in [7, 11) is 3.52. The monoisotopic (exact) mass is 307 g/mol. The molecule has 5 heteroatoms. The number of nitrogens with zero attached hydrogens (tertiary/aromatic N) is 1. The Balaban J connectivity index is 1.86. The number of ether oxygens (including phenoxy) is 1. The van der Waals surface area contributed by atoms with Crippen molar-refractivity contribution in [2.75, 3.05) is 20.4 Å². The van der Waals surface area contributed by atoms with Crippen LogP contribution >= 0.6 is 11.8 Å². The van der Waals surface area contributed by atoms with E-state index in [0.29, 0.717) is 12.6 Å². The highest BCUT2D eigenvalue weighted by atomic mass is 32.2. The van der Waals surface area contributed by atoms with E-state index in [1.54, 1.807) is 7.11 Å². The third kappa shape index (κ3) is 4.56.